The van der Waals surface area contributed by atoms with Gasteiger partial charge in [-0.1, -0.05) is 80.6 Å². The normalized spacial score (nSPS) is 18.4. The van der Waals surface area contributed by atoms with Gasteiger partial charge in [0.2, 0.25) is 11.8 Å². The smallest absolute Gasteiger partial charge is 0.255 e. The van der Waals surface area contributed by atoms with Gasteiger partial charge in [-0.2, -0.15) is 0 Å². The van der Waals surface area contributed by atoms with Crippen LogP contribution in [0, 0.1) is 5.92 Å². The quantitative estimate of drug-likeness (QED) is 0.342. The molecular weight excluding hydrogens is 488 g/mol. The number of rotatable bonds is 7. The predicted octanol–water partition coefficient (Wildman–Crippen LogP) is 4.14. The molecule has 0 bridgehead atoms. The fraction of sp³-hybridized carbons (Fsp3) is 0.281. The number of carbonyl (C=O) groups is 3. The van der Waals surface area contributed by atoms with Crippen molar-refractivity contribution in [2.24, 2.45) is 5.92 Å². The van der Waals surface area contributed by atoms with E-state index < -0.39 is 12.1 Å². The first-order valence-electron chi connectivity index (χ1n) is 13.6. The van der Waals surface area contributed by atoms with E-state index in [0.717, 1.165) is 33.3 Å². The van der Waals surface area contributed by atoms with E-state index in [1.165, 1.54) is 0 Å². The van der Waals surface area contributed by atoms with E-state index in [1.807, 2.05) is 86.6 Å². The number of para-hydroxylation sites is 1. The molecular formula is C32H32N4O3. The molecule has 1 aromatic heterocycles. The van der Waals surface area contributed by atoms with Gasteiger partial charge in [0.05, 0.1) is 6.04 Å². The number of fused-ring (bicyclic) bond motifs is 7. The van der Waals surface area contributed by atoms with Crippen LogP contribution in [0.1, 0.15) is 52.6 Å². The zero-order valence-corrected chi connectivity index (χ0v) is 22.1. The molecule has 7 heteroatoms. The first-order valence-corrected chi connectivity index (χ1v) is 13.6. The van der Waals surface area contributed by atoms with Crippen LogP contribution in [0.2, 0.25) is 0 Å². The molecule has 3 N–H and O–H groups in total. The van der Waals surface area contributed by atoms with Crippen molar-refractivity contribution >= 4 is 28.6 Å². The second kappa shape index (κ2) is 10.1. The summed E-state index contributed by atoms with van der Waals surface area (Å²) in [5.41, 5.74) is 5.43. The Bertz CT molecular complexity index is 1560. The average Bonchev–Trinajstić information content (AvgIpc) is 3.47. The van der Waals surface area contributed by atoms with Gasteiger partial charge >= 0.3 is 0 Å². The van der Waals surface area contributed by atoms with Crippen LogP contribution in [0.25, 0.3) is 10.9 Å². The van der Waals surface area contributed by atoms with Gasteiger partial charge in [-0.25, -0.2) is 0 Å². The number of H-pyrrole nitrogens is 1. The molecule has 39 heavy (non-hydrogen) atoms. The lowest BCUT2D eigenvalue weighted by Gasteiger charge is -2.37. The Kier molecular flexibility index (Phi) is 6.43. The summed E-state index contributed by atoms with van der Waals surface area (Å²) >= 11 is 0. The molecule has 3 atom stereocenters. The van der Waals surface area contributed by atoms with Crippen LogP contribution in [0.3, 0.4) is 0 Å². The molecule has 0 saturated heterocycles. The van der Waals surface area contributed by atoms with Gasteiger partial charge < -0.3 is 20.5 Å². The molecule has 3 aromatic carbocycles. The van der Waals surface area contributed by atoms with Crippen molar-refractivity contribution in [3.8, 4) is 0 Å². The van der Waals surface area contributed by atoms with E-state index in [9.17, 15) is 14.4 Å². The van der Waals surface area contributed by atoms with Gasteiger partial charge in [-0.3, -0.25) is 14.4 Å². The number of aromatic nitrogens is 1. The lowest BCUT2D eigenvalue weighted by Crippen LogP contribution is -2.57. The van der Waals surface area contributed by atoms with E-state index in [1.54, 1.807) is 4.90 Å². The summed E-state index contributed by atoms with van der Waals surface area (Å²) in [7, 11) is 0. The van der Waals surface area contributed by atoms with Gasteiger partial charge in [-0.05, 0) is 34.7 Å². The molecule has 2 aliphatic rings. The second-order valence-corrected chi connectivity index (χ2v) is 10.9. The Hall–Kier alpha value is -4.39. The van der Waals surface area contributed by atoms with Gasteiger partial charge in [0.15, 0.2) is 0 Å². The highest BCUT2D eigenvalue weighted by molar-refractivity contribution is 6.04. The molecule has 0 fully saturated rings. The standard InChI is InChI=1S/C32H32N4O3/c1-19(2)18-33-30(37)26(16-20-10-4-3-5-11-20)35-31(38)27-17-24-21-12-8-9-15-25(21)34-28(24)29-22-13-6-7-14-23(22)32(39)36(27)29/h3-15,19,26-27,29,34H,16-18H2,1-2H3,(H,33,37)(H,35,38)/t26-,27-,29-/m0/s1. The molecule has 0 spiro atoms. The van der Waals surface area contributed by atoms with Crippen LogP contribution in [0.5, 0.6) is 0 Å². The van der Waals surface area contributed by atoms with Crippen molar-refractivity contribution in [1.82, 2.24) is 20.5 Å². The Labute approximate surface area is 227 Å². The SMILES string of the molecule is CC(C)CNC(=O)[C@H](Cc1ccccc1)NC(=O)[C@@H]1Cc2c([nH]c3ccccc23)[C@@H]2c3ccccc3C(=O)N21. The van der Waals surface area contributed by atoms with Crippen molar-refractivity contribution in [3.05, 3.63) is 107 Å². The van der Waals surface area contributed by atoms with Gasteiger partial charge in [0.1, 0.15) is 12.1 Å². The van der Waals surface area contributed by atoms with Crippen LogP contribution in [-0.4, -0.2) is 46.2 Å². The van der Waals surface area contributed by atoms with E-state index in [-0.39, 0.29) is 29.7 Å². The number of aromatic amines is 1. The highest BCUT2D eigenvalue weighted by atomic mass is 16.2. The third kappa shape index (κ3) is 4.48. The van der Waals surface area contributed by atoms with Gasteiger partial charge in [-0.15, -0.1) is 0 Å². The van der Waals surface area contributed by atoms with E-state index >= 15 is 0 Å². The third-order valence-corrected chi connectivity index (χ3v) is 7.75. The summed E-state index contributed by atoms with van der Waals surface area (Å²) in [6.45, 7) is 4.58. The largest absolute Gasteiger partial charge is 0.356 e. The van der Waals surface area contributed by atoms with E-state index in [2.05, 4.69) is 21.7 Å². The molecule has 3 heterocycles. The zero-order valence-electron chi connectivity index (χ0n) is 22.1. The summed E-state index contributed by atoms with van der Waals surface area (Å²) in [5, 5.41) is 7.06. The predicted molar refractivity (Wildman–Crippen MR) is 150 cm³/mol. The Morgan fingerprint density at radius 3 is 2.49 bits per heavy atom. The summed E-state index contributed by atoms with van der Waals surface area (Å²) in [5.74, 6) is -0.430. The Morgan fingerprint density at radius 1 is 0.974 bits per heavy atom. The molecule has 7 nitrogen and oxygen atoms in total. The molecule has 4 aromatic rings. The minimum absolute atomic E-state index is 0.163. The maximum absolute atomic E-state index is 14.1. The lowest BCUT2D eigenvalue weighted by molar-refractivity contribution is -0.132. The molecule has 2 aliphatic heterocycles. The van der Waals surface area contributed by atoms with Crippen LogP contribution in [-0.2, 0) is 22.4 Å². The van der Waals surface area contributed by atoms with E-state index in [0.29, 0.717) is 24.9 Å². The monoisotopic (exact) mass is 520 g/mol. The highest BCUT2D eigenvalue weighted by Gasteiger charge is 2.49. The van der Waals surface area contributed by atoms with Gasteiger partial charge in [0.25, 0.3) is 5.91 Å². The fourth-order valence-corrected chi connectivity index (χ4v) is 5.89. The number of nitrogens with zero attached hydrogens (tertiary/aromatic N) is 1. The van der Waals surface area contributed by atoms with Crippen molar-refractivity contribution in [2.45, 2.75) is 44.8 Å². The Balaban J connectivity index is 1.36. The summed E-state index contributed by atoms with van der Waals surface area (Å²) in [4.78, 5) is 46.3. The molecule has 0 radical (unpaired) electrons. The Morgan fingerprint density at radius 2 is 1.69 bits per heavy atom. The molecule has 0 saturated carbocycles. The van der Waals surface area contributed by atoms with E-state index in [4.69, 9.17) is 0 Å². The maximum Gasteiger partial charge on any atom is 0.255 e. The lowest BCUT2D eigenvalue weighted by atomic mass is 9.89. The summed E-state index contributed by atoms with van der Waals surface area (Å²) in [6, 6.07) is 23.4. The molecule has 198 valence electrons. The fourth-order valence-electron chi connectivity index (χ4n) is 5.89. The number of hydrogen-bond acceptors (Lipinski definition) is 3. The molecule has 0 aliphatic carbocycles. The minimum atomic E-state index is -0.762. The van der Waals surface area contributed by atoms with Crippen LogP contribution < -0.4 is 10.6 Å². The number of hydrogen-bond donors (Lipinski definition) is 3. The second-order valence-electron chi connectivity index (χ2n) is 10.9. The topological polar surface area (TPSA) is 94.3 Å². The number of nitrogens with one attached hydrogen (secondary N) is 3. The average molecular weight is 521 g/mol. The van der Waals surface area contributed by atoms with Crippen LogP contribution >= 0.6 is 0 Å². The molecule has 3 amide bonds. The van der Waals surface area contributed by atoms with Crippen LogP contribution in [0.15, 0.2) is 78.9 Å². The number of carbonyl (C=O) groups excluding carboxylic acids is 3. The third-order valence-electron chi connectivity index (χ3n) is 7.75. The number of benzene rings is 3. The van der Waals surface area contributed by atoms with Crippen molar-refractivity contribution in [1.29, 1.82) is 0 Å². The maximum atomic E-state index is 14.1. The first-order chi connectivity index (χ1) is 18.9. The summed E-state index contributed by atoms with van der Waals surface area (Å²) in [6.07, 6.45) is 0.728. The van der Waals surface area contributed by atoms with Crippen molar-refractivity contribution in [2.75, 3.05) is 6.54 Å². The zero-order chi connectivity index (χ0) is 27.1. The summed E-state index contributed by atoms with van der Waals surface area (Å²) < 4.78 is 0. The highest BCUT2D eigenvalue weighted by Crippen LogP contribution is 2.46. The molecule has 6 rings (SSSR count). The number of amides is 3. The molecule has 0 unspecified atom stereocenters. The minimum Gasteiger partial charge on any atom is -0.356 e. The first kappa shape index (κ1) is 24.9. The van der Waals surface area contributed by atoms with Crippen LogP contribution in [0.4, 0.5) is 0 Å². The van der Waals surface area contributed by atoms with Crippen molar-refractivity contribution in [3.63, 3.8) is 0 Å². The van der Waals surface area contributed by atoms with Gasteiger partial charge in [0, 0.05) is 41.5 Å². The van der Waals surface area contributed by atoms with Crippen molar-refractivity contribution < 1.29 is 14.4 Å².